The number of nitrogens with zero attached hydrogens (tertiary/aromatic N) is 3. The van der Waals surface area contributed by atoms with E-state index in [1.54, 1.807) is 11.3 Å². The predicted octanol–water partition coefficient (Wildman–Crippen LogP) is 4.81. The van der Waals surface area contributed by atoms with Crippen molar-refractivity contribution in [3.63, 3.8) is 0 Å². The van der Waals surface area contributed by atoms with E-state index in [4.69, 9.17) is 4.98 Å². The minimum Gasteiger partial charge on any atom is -0.361 e. The fourth-order valence-electron chi connectivity index (χ4n) is 4.74. The number of aromatic nitrogens is 2. The Hall–Kier alpha value is -1.77. The van der Waals surface area contributed by atoms with Crippen LogP contribution in [0.1, 0.15) is 60.0 Å². The van der Waals surface area contributed by atoms with Crippen molar-refractivity contribution >= 4 is 33.7 Å². The Bertz CT molecular complexity index is 958. The lowest BCUT2D eigenvalue weighted by atomic mass is 9.81. The van der Waals surface area contributed by atoms with Crippen LogP contribution < -0.4 is 10.6 Å². The number of aryl methyl sites for hydroxylation is 1. The zero-order valence-electron chi connectivity index (χ0n) is 20.2. The molecule has 0 bridgehead atoms. The summed E-state index contributed by atoms with van der Waals surface area (Å²) < 4.78 is 0. The molecule has 4 rings (SSSR count). The first-order valence-electron chi connectivity index (χ1n) is 12.2. The molecule has 0 saturated heterocycles. The highest BCUT2D eigenvalue weighted by atomic mass is 32.1. The van der Waals surface area contributed by atoms with Gasteiger partial charge >= 0.3 is 0 Å². The van der Waals surface area contributed by atoms with Gasteiger partial charge in [0.25, 0.3) is 0 Å². The van der Waals surface area contributed by atoms with Crippen LogP contribution >= 0.6 is 22.7 Å². The second-order valence-electron chi connectivity index (χ2n) is 9.92. The Labute approximate surface area is 205 Å². The second kappa shape index (κ2) is 11.1. The van der Waals surface area contributed by atoms with E-state index in [9.17, 15) is 4.79 Å². The highest BCUT2D eigenvalue weighted by Gasteiger charge is 2.27. The molecule has 1 fully saturated rings. The van der Waals surface area contributed by atoms with Gasteiger partial charge in [-0.1, -0.05) is 26.0 Å². The first kappa shape index (κ1) is 24.4. The topological polar surface area (TPSA) is 70.2 Å². The normalized spacial score (nSPS) is 21.1. The first-order chi connectivity index (χ1) is 15.9. The molecule has 2 N–H and O–H groups in total. The summed E-state index contributed by atoms with van der Waals surface area (Å²) in [6.07, 6.45) is 7.66. The van der Waals surface area contributed by atoms with Gasteiger partial charge in [0.2, 0.25) is 5.91 Å². The van der Waals surface area contributed by atoms with Crippen LogP contribution in [0.2, 0.25) is 0 Å². The van der Waals surface area contributed by atoms with Crippen molar-refractivity contribution in [2.45, 2.75) is 71.9 Å². The van der Waals surface area contributed by atoms with Gasteiger partial charge in [-0.05, 0) is 50.9 Å². The van der Waals surface area contributed by atoms with E-state index < -0.39 is 0 Å². The standard InChI is InChI=1S/C25H37N5OS2/c1-16(2)12-27-25-29-22-15-30(10-9-23(22)33-25)14-17(3)19-5-7-20(8-6-19)28-24(31)11-21-13-26-18(4)32-21/h13,16,19-20H,3,5-12,14-15H2,1-2,4H3,(H,27,29)(H,28,31). The number of carbonyl (C=O) groups is 1. The minimum atomic E-state index is 0.121. The summed E-state index contributed by atoms with van der Waals surface area (Å²) in [7, 11) is 0. The maximum absolute atomic E-state index is 12.4. The molecule has 3 heterocycles. The summed E-state index contributed by atoms with van der Waals surface area (Å²) >= 11 is 3.43. The van der Waals surface area contributed by atoms with E-state index >= 15 is 0 Å². The van der Waals surface area contributed by atoms with Crippen LogP contribution in [0.25, 0.3) is 0 Å². The van der Waals surface area contributed by atoms with Crippen LogP contribution in [-0.2, 0) is 24.2 Å². The van der Waals surface area contributed by atoms with Gasteiger partial charge in [-0.3, -0.25) is 9.69 Å². The van der Waals surface area contributed by atoms with Crippen molar-refractivity contribution in [3.8, 4) is 0 Å². The summed E-state index contributed by atoms with van der Waals surface area (Å²) in [5, 5.41) is 8.80. The molecule has 2 aliphatic rings. The Morgan fingerprint density at radius 1 is 1.27 bits per heavy atom. The molecule has 1 amide bonds. The van der Waals surface area contributed by atoms with Crippen molar-refractivity contribution < 1.29 is 4.79 Å². The SMILES string of the molecule is C=C(CN1CCc2sc(NCC(C)C)nc2C1)C1CCC(NC(=O)Cc2cnc(C)s2)CC1. The van der Waals surface area contributed by atoms with Crippen LogP contribution in [-0.4, -0.2) is 46.5 Å². The zero-order chi connectivity index (χ0) is 23.4. The highest BCUT2D eigenvalue weighted by molar-refractivity contribution is 7.15. The average Bonchev–Trinajstić information content (AvgIpc) is 3.37. The Morgan fingerprint density at radius 3 is 2.76 bits per heavy atom. The molecule has 1 aliphatic carbocycles. The lowest BCUT2D eigenvalue weighted by Gasteiger charge is -2.33. The minimum absolute atomic E-state index is 0.121. The Morgan fingerprint density at radius 2 is 2.06 bits per heavy atom. The molecule has 33 heavy (non-hydrogen) atoms. The zero-order valence-corrected chi connectivity index (χ0v) is 21.8. The fraction of sp³-hybridized carbons (Fsp3) is 0.640. The fourth-order valence-corrected chi connectivity index (χ4v) is 6.50. The number of carbonyl (C=O) groups excluding carboxylic acids is 1. The number of hydrogen-bond donors (Lipinski definition) is 2. The number of nitrogens with one attached hydrogen (secondary N) is 2. The van der Waals surface area contributed by atoms with Gasteiger partial charge in [-0.2, -0.15) is 0 Å². The summed E-state index contributed by atoms with van der Waals surface area (Å²) in [4.78, 5) is 26.5. The van der Waals surface area contributed by atoms with E-state index in [1.165, 1.54) is 16.1 Å². The third kappa shape index (κ3) is 6.87. The van der Waals surface area contributed by atoms with Crippen molar-refractivity contribution in [2.24, 2.45) is 11.8 Å². The van der Waals surface area contributed by atoms with Crippen LogP contribution in [0.5, 0.6) is 0 Å². The average molecular weight is 488 g/mol. The van der Waals surface area contributed by atoms with Gasteiger partial charge < -0.3 is 10.6 Å². The summed E-state index contributed by atoms with van der Waals surface area (Å²) in [6, 6.07) is 0.292. The van der Waals surface area contributed by atoms with Crippen molar-refractivity contribution in [2.75, 3.05) is 25.0 Å². The number of fused-ring (bicyclic) bond motifs is 1. The number of amides is 1. The smallest absolute Gasteiger partial charge is 0.225 e. The summed E-state index contributed by atoms with van der Waals surface area (Å²) in [5.74, 6) is 1.30. The van der Waals surface area contributed by atoms with Crippen molar-refractivity contribution in [1.29, 1.82) is 0 Å². The van der Waals surface area contributed by atoms with Gasteiger partial charge in [0.05, 0.1) is 17.1 Å². The van der Waals surface area contributed by atoms with Gasteiger partial charge in [0.1, 0.15) is 0 Å². The van der Waals surface area contributed by atoms with Gasteiger partial charge in [-0.15, -0.1) is 22.7 Å². The monoisotopic (exact) mass is 487 g/mol. The molecule has 2 aromatic heterocycles. The molecule has 1 aliphatic heterocycles. The quantitative estimate of drug-likeness (QED) is 0.497. The van der Waals surface area contributed by atoms with Crippen molar-refractivity contribution in [1.82, 2.24) is 20.2 Å². The number of rotatable bonds is 9. The number of hydrogen-bond acceptors (Lipinski definition) is 7. The number of thiazole rings is 2. The molecule has 8 heteroatoms. The molecule has 0 radical (unpaired) electrons. The molecule has 6 nitrogen and oxygen atoms in total. The molecule has 0 aromatic carbocycles. The molecule has 2 aromatic rings. The lowest BCUT2D eigenvalue weighted by molar-refractivity contribution is -0.121. The molecule has 0 atom stereocenters. The van der Waals surface area contributed by atoms with E-state index in [2.05, 4.69) is 40.9 Å². The van der Waals surface area contributed by atoms with Gasteiger partial charge in [-0.25, -0.2) is 9.97 Å². The third-order valence-electron chi connectivity index (χ3n) is 6.57. The van der Waals surface area contributed by atoms with Crippen LogP contribution in [0.15, 0.2) is 18.3 Å². The van der Waals surface area contributed by atoms with Crippen LogP contribution in [0.3, 0.4) is 0 Å². The maximum atomic E-state index is 12.4. The summed E-state index contributed by atoms with van der Waals surface area (Å²) in [5.41, 5.74) is 2.59. The maximum Gasteiger partial charge on any atom is 0.225 e. The van der Waals surface area contributed by atoms with Gasteiger partial charge in [0, 0.05) is 48.2 Å². The lowest BCUT2D eigenvalue weighted by Crippen LogP contribution is -2.39. The molecule has 0 spiro atoms. The molecule has 1 saturated carbocycles. The first-order valence-corrected chi connectivity index (χ1v) is 13.8. The van der Waals surface area contributed by atoms with Crippen LogP contribution in [0.4, 0.5) is 5.13 Å². The van der Waals surface area contributed by atoms with E-state index in [-0.39, 0.29) is 5.91 Å². The van der Waals surface area contributed by atoms with Gasteiger partial charge in [0.15, 0.2) is 5.13 Å². The molecular formula is C25H37N5OS2. The van der Waals surface area contributed by atoms with E-state index in [1.807, 2.05) is 24.5 Å². The van der Waals surface area contributed by atoms with Crippen LogP contribution in [0, 0.1) is 18.8 Å². The molecule has 180 valence electrons. The highest BCUT2D eigenvalue weighted by Crippen LogP contribution is 2.32. The Kier molecular flexibility index (Phi) is 8.20. The largest absolute Gasteiger partial charge is 0.361 e. The molecule has 0 unspecified atom stereocenters. The van der Waals surface area contributed by atoms with E-state index in [0.717, 1.165) is 73.3 Å². The third-order valence-corrected chi connectivity index (χ3v) is 8.60. The number of anilines is 1. The Balaban J connectivity index is 1.19. The second-order valence-corrected chi connectivity index (χ2v) is 12.3. The molecular weight excluding hydrogens is 450 g/mol. The summed E-state index contributed by atoms with van der Waals surface area (Å²) in [6.45, 7) is 14.8. The van der Waals surface area contributed by atoms with E-state index in [0.29, 0.717) is 24.3 Å². The van der Waals surface area contributed by atoms with Crippen molar-refractivity contribution in [3.05, 3.63) is 38.8 Å². The predicted molar refractivity (Wildman–Crippen MR) is 138 cm³/mol.